The van der Waals surface area contributed by atoms with E-state index in [-0.39, 0.29) is 57.4 Å². The summed E-state index contributed by atoms with van der Waals surface area (Å²) in [7, 11) is 1.25. The van der Waals surface area contributed by atoms with Crippen molar-refractivity contribution >= 4 is 22.8 Å². The van der Waals surface area contributed by atoms with Crippen LogP contribution in [0.3, 0.4) is 0 Å². The normalized spacial score (nSPS) is 17.4. The highest BCUT2D eigenvalue weighted by Gasteiger charge is 2.57. The molecule has 4 N–H and O–H groups in total. The Morgan fingerprint density at radius 2 is 1.78 bits per heavy atom. The van der Waals surface area contributed by atoms with Gasteiger partial charge in [0.15, 0.2) is 0 Å². The van der Waals surface area contributed by atoms with Crippen molar-refractivity contribution in [3.8, 4) is 22.8 Å². The fourth-order valence-corrected chi connectivity index (χ4v) is 5.55. The van der Waals surface area contributed by atoms with Gasteiger partial charge in [-0.3, -0.25) is 9.59 Å². The van der Waals surface area contributed by atoms with Crippen LogP contribution in [0.25, 0.3) is 22.2 Å². The van der Waals surface area contributed by atoms with E-state index in [0.29, 0.717) is 12.0 Å². The summed E-state index contributed by atoms with van der Waals surface area (Å²) in [6.45, 7) is 5.32. The fourth-order valence-electron chi connectivity index (χ4n) is 5.55. The predicted octanol–water partition coefficient (Wildman–Crippen LogP) is 5.85. The number of alkyl halides is 3. The number of benzene rings is 2. The Balaban J connectivity index is 1.48. The Morgan fingerprint density at radius 3 is 2.39 bits per heavy atom. The molecule has 4 aromatic rings. The van der Waals surface area contributed by atoms with Crippen molar-refractivity contribution in [2.75, 3.05) is 20.3 Å². The monoisotopic (exact) mass is 716 g/mol. The number of fused-ring (bicyclic) bond motifs is 2. The first-order chi connectivity index (χ1) is 23.9. The highest BCUT2D eigenvalue weighted by atomic mass is 19.4. The Labute approximate surface area is 290 Å². The number of aliphatic hydroxyl groups is 1. The second kappa shape index (κ2) is 14.0. The number of halogens is 5. The van der Waals surface area contributed by atoms with Gasteiger partial charge < -0.3 is 30.4 Å². The van der Waals surface area contributed by atoms with Gasteiger partial charge in [-0.2, -0.15) is 13.2 Å². The number of carbonyl (C=O) groups is 2. The lowest BCUT2D eigenvalue weighted by atomic mass is 9.80. The van der Waals surface area contributed by atoms with E-state index in [9.17, 15) is 32.3 Å². The van der Waals surface area contributed by atoms with Crippen molar-refractivity contribution in [3.63, 3.8) is 0 Å². The summed E-state index contributed by atoms with van der Waals surface area (Å²) in [4.78, 5) is 33.9. The molecule has 0 aliphatic carbocycles. The number of rotatable bonds is 11. The number of methoxy groups -OCH3 is 1. The van der Waals surface area contributed by atoms with Gasteiger partial charge in [0.1, 0.15) is 52.7 Å². The molecule has 0 bridgehead atoms. The fraction of sp³-hybridized carbons (Fsp3) is 0.389. The summed E-state index contributed by atoms with van der Waals surface area (Å²) in [6.07, 6.45) is -4.86. The second-order valence-electron chi connectivity index (χ2n) is 13.0. The molecule has 3 atom stereocenters. The lowest BCUT2D eigenvalue weighted by Crippen LogP contribution is -2.51. The van der Waals surface area contributed by atoms with E-state index in [1.807, 2.05) is 6.92 Å². The molecular formula is C36H37F5N4O6. The van der Waals surface area contributed by atoms with Gasteiger partial charge in [0.05, 0.1) is 26.0 Å². The first-order valence-corrected chi connectivity index (χ1v) is 16.0. The van der Waals surface area contributed by atoms with Crippen molar-refractivity contribution in [1.82, 2.24) is 15.3 Å². The Kier molecular flexibility index (Phi) is 10.3. The van der Waals surface area contributed by atoms with Gasteiger partial charge in [-0.25, -0.2) is 18.7 Å². The van der Waals surface area contributed by atoms with Gasteiger partial charge in [-0.1, -0.05) is 27.7 Å². The van der Waals surface area contributed by atoms with Crippen LogP contribution in [0.1, 0.15) is 61.4 Å². The number of esters is 1. The molecule has 1 aliphatic heterocycles. The van der Waals surface area contributed by atoms with Crippen LogP contribution in [-0.2, 0) is 27.2 Å². The molecule has 0 saturated heterocycles. The minimum Gasteiger partial charge on any atom is -0.494 e. The average Bonchev–Trinajstić information content (AvgIpc) is 3.44. The molecule has 272 valence electrons. The zero-order chi connectivity index (χ0) is 37.5. The number of aromatic nitrogens is 2. The predicted molar refractivity (Wildman–Crippen MR) is 176 cm³/mol. The highest BCUT2D eigenvalue weighted by Crippen LogP contribution is 2.48. The molecule has 5 rings (SSSR count). The molecular weight excluding hydrogens is 679 g/mol. The summed E-state index contributed by atoms with van der Waals surface area (Å²) in [6, 6.07) is 8.49. The molecule has 2 aromatic carbocycles. The van der Waals surface area contributed by atoms with Crippen LogP contribution in [0.2, 0.25) is 0 Å². The van der Waals surface area contributed by atoms with Gasteiger partial charge in [-0.05, 0) is 60.9 Å². The highest BCUT2D eigenvalue weighted by molar-refractivity contribution is 6.00. The summed E-state index contributed by atoms with van der Waals surface area (Å²) < 4.78 is 89.6. The minimum atomic E-state index is -5.34. The number of hydrogen-bond donors (Lipinski definition) is 3. The third-order valence-corrected chi connectivity index (χ3v) is 9.19. The lowest BCUT2D eigenvalue weighted by Gasteiger charge is -2.31. The van der Waals surface area contributed by atoms with Crippen molar-refractivity contribution in [2.45, 2.75) is 64.0 Å². The standard InChI is InChI=1S/C36H37F5N4O6/c1-6-34(4)17-51-31-23(34)14-27(45-30(31)19-7-9-22(37)10-8-19)35(48,36(39,40)41)16-43-32(46)21-11-20-12-24(38)25(44-29(20)26(13-21)49-5)15-50-33(47)28(42)18(2)3/h7-14,18,28,48H,6,15-17,42H2,1-5H3,(H,43,46)/t28-,34?,35+/m1/s1. The third-order valence-electron chi connectivity index (χ3n) is 9.19. The largest absolute Gasteiger partial charge is 0.494 e. The van der Waals surface area contributed by atoms with Gasteiger partial charge >= 0.3 is 12.1 Å². The SMILES string of the molecule is CCC1(C)COc2c1cc([C@@](O)(CNC(=O)c1cc(OC)c3nc(COC(=O)[C@H](N)C(C)C)c(F)cc3c1)C(F)(F)F)nc2-c1ccc(F)cc1. The zero-order valence-electron chi connectivity index (χ0n) is 28.5. The molecule has 3 heterocycles. The molecule has 0 saturated carbocycles. The average molecular weight is 717 g/mol. The number of hydrogen-bond acceptors (Lipinski definition) is 9. The van der Waals surface area contributed by atoms with Crippen LogP contribution < -0.4 is 20.5 Å². The van der Waals surface area contributed by atoms with Gasteiger partial charge in [0.25, 0.3) is 5.91 Å². The molecule has 1 amide bonds. The molecule has 1 unspecified atom stereocenters. The topological polar surface area (TPSA) is 146 Å². The van der Waals surface area contributed by atoms with E-state index in [1.54, 1.807) is 20.8 Å². The van der Waals surface area contributed by atoms with E-state index in [2.05, 4.69) is 15.3 Å². The number of ether oxygens (including phenoxy) is 3. The maximum absolute atomic E-state index is 15.1. The van der Waals surface area contributed by atoms with Crippen LogP contribution in [0.4, 0.5) is 22.0 Å². The molecule has 51 heavy (non-hydrogen) atoms. The van der Waals surface area contributed by atoms with Crippen molar-refractivity contribution in [3.05, 3.63) is 82.7 Å². The number of nitrogens with one attached hydrogen (secondary N) is 1. The Bertz CT molecular complexity index is 1970. The van der Waals surface area contributed by atoms with Crippen molar-refractivity contribution < 1.29 is 50.9 Å². The zero-order valence-corrected chi connectivity index (χ0v) is 28.5. The molecule has 0 fully saturated rings. The van der Waals surface area contributed by atoms with Crippen LogP contribution in [0.5, 0.6) is 11.5 Å². The smallest absolute Gasteiger partial charge is 0.424 e. The van der Waals surface area contributed by atoms with E-state index < -0.39 is 65.6 Å². The summed E-state index contributed by atoms with van der Waals surface area (Å²) in [5.41, 5.74) is 0.760. The number of nitrogens with zero attached hydrogens (tertiary/aromatic N) is 2. The van der Waals surface area contributed by atoms with Crippen LogP contribution in [0.15, 0.2) is 48.5 Å². The maximum Gasteiger partial charge on any atom is 0.424 e. The lowest BCUT2D eigenvalue weighted by molar-refractivity contribution is -0.265. The van der Waals surface area contributed by atoms with E-state index in [1.165, 1.54) is 31.4 Å². The number of pyridine rings is 2. The first kappa shape index (κ1) is 37.4. The summed E-state index contributed by atoms with van der Waals surface area (Å²) >= 11 is 0. The van der Waals surface area contributed by atoms with Crippen molar-refractivity contribution in [1.29, 1.82) is 0 Å². The van der Waals surface area contributed by atoms with E-state index in [0.717, 1.165) is 24.3 Å². The third kappa shape index (κ3) is 7.17. The van der Waals surface area contributed by atoms with Gasteiger partial charge in [0, 0.05) is 27.5 Å². The van der Waals surface area contributed by atoms with Crippen molar-refractivity contribution in [2.24, 2.45) is 11.7 Å². The minimum absolute atomic E-state index is 0.0284. The molecule has 15 heteroatoms. The maximum atomic E-state index is 15.1. The Morgan fingerprint density at radius 1 is 1.10 bits per heavy atom. The van der Waals surface area contributed by atoms with Crippen LogP contribution in [-0.4, -0.2) is 59.4 Å². The number of amides is 1. The van der Waals surface area contributed by atoms with Crippen LogP contribution >= 0.6 is 0 Å². The van der Waals surface area contributed by atoms with E-state index >= 15 is 4.39 Å². The van der Waals surface area contributed by atoms with E-state index in [4.69, 9.17) is 19.9 Å². The molecule has 0 radical (unpaired) electrons. The second-order valence-corrected chi connectivity index (χ2v) is 13.0. The number of carbonyl (C=O) groups excluding carboxylic acids is 2. The quantitative estimate of drug-likeness (QED) is 0.129. The molecule has 1 aliphatic rings. The Hall–Kier alpha value is -4.89. The summed E-state index contributed by atoms with van der Waals surface area (Å²) in [5, 5.41) is 13.6. The molecule has 0 spiro atoms. The molecule has 2 aromatic heterocycles. The molecule has 10 nitrogen and oxygen atoms in total. The first-order valence-electron chi connectivity index (χ1n) is 16.0. The summed E-state index contributed by atoms with van der Waals surface area (Å²) in [5.74, 6) is -3.30. The van der Waals surface area contributed by atoms with Gasteiger partial charge in [0.2, 0.25) is 5.60 Å². The number of nitrogens with two attached hydrogens (primary N) is 1. The van der Waals surface area contributed by atoms with Crippen LogP contribution in [0, 0.1) is 17.6 Å². The van der Waals surface area contributed by atoms with Gasteiger partial charge in [-0.15, -0.1) is 0 Å².